The van der Waals surface area contributed by atoms with Gasteiger partial charge >= 0.3 is 11.9 Å². The number of nitrogens with two attached hydrogens (primary N) is 1. The second-order valence-electron chi connectivity index (χ2n) is 5.00. The molecule has 0 aliphatic rings. The molecule has 1 heterocycles. The molecule has 0 aromatic carbocycles. The van der Waals surface area contributed by atoms with Crippen LogP contribution in [0.15, 0.2) is 11.3 Å². The first-order valence-electron chi connectivity index (χ1n) is 7.67. The number of ether oxygens (including phenoxy) is 2. The summed E-state index contributed by atoms with van der Waals surface area (Å²) in [6.07, 6.45) is 0. The van der Waals surface area contributed by atoms with Crippen LogP contribution in [0.25, 0.3) is 0 Å². The summed E-state index contributed by atoms with van der Waals surface area (Å²) in [6.45, 7) is 5.82. The lowest BCUT2D eigenvalue weighted by Gasteiger charge is -2.13. The zero-order chi connectivity index (χ0) is 20.0. The minimum absolute atomic E-state index is 0.0249. The molecule has 4 N–H and O–H groups in total. The predicted molar refractivity (Wildman–Crippen MR) is 90.0 cm³/mol. The summed E-state index contributed by atoms with van der Waals surface area (Å²) in [7, 11) is 0. The number of amides is 1. The van der Waals surface area contributed by atoms with Gasteiger partial charge < -0.3 is 20.3 Å². The third-order valence-corrected chi connectivity index (χ3v) is 3.12. The zero-order valence-corrected chi connectivity index (χ0v) is 14.9. The number of esters is 2. The maximum Gasteiger partial charge on any atom is 0.343 e. The van der Waals surface area contributed by atoms with Crippen molar-refractivity contribution in [1.29, 1.82) is 5.41 Å². The van der Waals surface area contributed by atoms with Gasteiger partial charge in [0.15, 0.2) is 5.82 Å². The van der Waals surface area contributed by atoms with Gasteiger partial charge in [0, 0.05) is 0 Å². The topological polar surface area (TPSA) is 166 Å². The molecule has 0 aliphatic heterocycles. The smallest absolute Gasteiger partial charge is 0.343 e. The molecule has 0 spiro atoms. The average Bonchev–Trinajstić information content (AvgIpc) is 2.53. The van der Waals surface area contributed by atoms with Crippen molar-refractivity contribution in [3.05, 3.63) is 34.1 Å². The van der Waals surface area contributed by atoms with Crippen LogP contribution in [0, 0.1) is 12.3 Å². The summed E-state index contributed by atoms with van der Waals surface area (Å²) in [4.78, 5) is 43.5. The highest BCUT2D eigenvalue weighted by Crippen LogP contribution is 2.16. The zero-order valence-electron chi connectivity index (χ0n) is 14.9. The van der Waals surface area contributed by atoms with E-state index < -0.39 is 40.6 Å². The Balaban J connectivity index is 3.53. The van der Waals surface area contributed by atoms with Crippen LogP contribution >= 0.6 is 0 Å². The molecule has 1 aromatic rings. The number of nitrogens with one attached hydrogen (secondary N) is 1. The number of nitrogens with zero attached hydrogens (tertiary/aromatic N) is 2. The van der Waals surface area contributed by atoms with Gasteiger partial charge in [0.25, 0.3) is 5.91 Å². The molecular formula is C16H20N4O6. The van der Waals surface area contributed by atoms with E-state index in [0.717, 1.165) is 0 Å². The summed E-state index contributed by atoms with van der Waals surface area (Å²) >= 11 is 0. The number of aryl methyl sites for hydroxylation is 1. The summed E-state index contributed by atoms with van der Waals surface area (Å²) in [5.74, 6) is -3.68. The fourth-order valence-electron chi connectivity index (χ4n) is 2.06. The second-order valence-corrected chi connectivity index (χ2v) is 5.00. The molecule has 10 heteroatoms. The minimum atomic E-state index is -1.03. The Morgan fingerprint density at radius 1 is 1.15 bits per heavy atom. The van der Waals surface area contributed by atoms with Crippen LogP contribution in [0.3, 0.4) is 0 Å². The van der Waals surface area contributed by atoms with Crippen LogP contribution in [-0.4, -0.2) is 51.8 Å². The lowest BCUT2D eigenvalue weighted by atomic mass is 10.1. The molecule has 1 rings (SSSR count). The molecule has 1 aromatic heterocycles. The predicted octanol–water partition coefficient (Wildman–Crippen LogP) is 0.824. The molecule has 26 heavy (non-hydrogen) atoms. The molecule has 0 atom stereocenters. The van der Waals surface area contributed by atoms with E-state index in [-0.39, 0.29) is 30.3 Å². The molecule has 1 amide bonds. The van der Waals surface area contributed by atoms with Crippen LogP contribution in [-0.2, 0) is 14.3 Å². The van der Waals surface area contributed by atoms with Crippen LogP contribution in [0.5, 0.6) is 0 Å². The molecule has 0 bridgehead atoms. The highest BCUT2D eigenvalue weighted by atomic mass is 16.5. The number of hydrogen-bond acceptors (Lipinski definition) is 9. The molecule has 0 fully saturated rings. The normalized spacial score (nSPS) is 11.4. The Morgan fingerprint density at radius 2 is 1.73 bits per heavy atom. The van der Waals surface area contributed by atoms with Crippen molar-refractivity contribution in [2.75, 3.05) is 13.2 Å². The van der Waals surface area contributed by atoms with Gasteiger partial charge in [-0.15, -0.1) is 0 Å². The second kappa shape index (κ2) is 8.70. The van der Waals surface area contributed by atoms with E-state index in [1.54, 1.807) is 13.8 Å². The van der Waals surface area contributed by atoms with Gasteiger partial charge in [-0.1, -0.05) is 0 Å². The van der Waals surface area contributed by atoms with Gasteiger partial charge in [-0.05, 0) is 27.7 Å². The van der Waals surface area contributed by atoms with Crippen molar-refractivity contribution in [3.8, 4) is 0 Å². The maximum absolute atomic E-state index is 12.0. The first-order valence-corrected chi connectivity index (χ1v) is 7.67. The molecule has 0 unspecified atom stereocenters. The molecule has 140 valence electrons. The summed E-state index contributed by atoms with van der Waals surface area (Å²) in [5, 5.41) is 17.8. The minimum Gasteiger partial charge on any atom is -0.512 e. The van der Waals surface area contributed by atoms with E-state index >= 15 is 0 Å². The van der Waals surface area contributed by atoms with Gasteiger partial charge in [0.1, 0.15) is 28.3 Å². The summed E-state index contributed by atoms with van der Waals surface area (Å²) in [5.41, 5.74) is 3.58. The van der Waals surface area contributed by atoms with Gasteiger partial charge in [-0.3, -0.25) is 10.2 Å². The third-order valence-electron chi connectivity index (χ3n) is 3.12. The van der Waals surface area contributed by atoms with Crippen molar-refractivity contribution in [3.63, 3.8) is 0 Å². The lowest BCUT2D eigenvalue weighted by molar-refractivity contribution is -0.138. The van der Waals surface area contributed by atoms with Crippen molar-refractivity contribution in [1.82, 2.24) is 9.97 Å². The van der Waals surface area contributed by atoms with Gasteiger partial charge in [0.2, 0.25) is 0 Å². The number of aromatic nitrogens is 2. The van der Waals surface area contributed by atoms with Crippen LogP contribution in [0.2, 0.25) is 0 Å². The van der Waals surface area contributed by atoms with E-state index in [9.17, 15) is 19.5 Å². The van der Waals surface area contributed by atoms with Gasteiger partial charge in [-0.25, -0.2) is 19.6 Å². The first kappa shape index (κ1) is 20.7. The highest BCUT2D eigenvalue weighted by Gasteiger charge is 2.28. The molecular weight excluding hydrogens is 344 g/mol. The average molecular weight is 364 g/mol. The van der Waals surface area contributed by atoms with E-state index in [0.29, 0.717) is 0 Å². The van der Waals surface area contributed by atoms with Crippen LogP contribution < -0.4 is 5.73 Å². The SMILES string of the molecule is CCOC(=O)/C(C(=N)c1nc(C)c(C(=O)OCC)c(C(N)=O)n1)=C(/C)O. The van der Waals surface area contributed by atoms with Crippen molar-refractivity contribution >= 4 is 23.6 Å². The molecule has 0 radical (unpaired) electrons. The van der Waals surface area contributed by atoms with Gasteiger partial charge in [0.05, 0.1) is 18.9 Å². The summed E-state index contributed by atoms with van der Waals surface area (Å²) < 4.78 is 9.64. The molecule has 10 nitrogen and oxygen atoms in total. The molecule has 0 aliphatic carbocycles. The fraction of sp³-hybridized carbons (Fsp3) is 0.375. The van der Waals surface area contributed by atoms with Crippen LogP contribution in [0.1, 0.15) is 53.1 Å². The monoisotopic (exact) mass is 364 g/mol. The number of aliphatic hydroxyl groups excluding tert-OH is 1. The third kappa shape index (κ3) is 4.41. The van der Waals surface area contributed by atoms with E-state index in [2.05, 4.69) is 9.97 Å². The quantitative estimate of drug-likeness (QED) is 0.277. The highest BCUT2D eigenvalue weighted by molar-refractivity contribution is 6.24. The summed E-state index contributed by atoms with van der Waals surface area (Å²) in [6, 6.07) is 0. The maximum atomic E-state index is 12.0. The van der Waals surface area contributed by atoms with Crippen molar-refractivity contribution < 1.29 is 29.0 Å². The number of aliphatic hydroxyl groups is 1. The van der Waals surface area contributed by atoms with Crippen molar-refractivity contribution in [2.24, 2.45) is 5.73 Å². The van der Waals surface area contributed by atoms with E-state index in [1.165, 1.54) is 13.8 Å². The van der Waals surface area contributed by atoms with E-state index in [1.807, 2.05) is 0 Å². The molecule has 0 saturated carbocycles. The number of hydrogen-bond donors (Lipinski definition) is 3. The largest absolute Gasteiger partial charge is 0.512 e. The Labute approximate surface area is 149 Å². The Bertz CT molecular complexity index is 796. The Hall–Kier alpha value is -3.30. The Morgan fingerprint density at radius 3 is 2.19 bits per heavy atom. The standard InChI is InChI=1S/C16H20N4O6/c1-5-25-15(23)9-7(3)19-14(20-12(9)13(18)22)11(17)10(8(4)21)16(24)26-6-2/h17,21H,5-6H2,1-4H3,(H2,18,22)/b10-8-,17-11?. The first-order chi connectivity index (χ1) is 12.1. The molecule has 0 saturated heterocycles. The van der Waals surface area contributed by atoms with Crippen molar-refractivity contribution in [2.45, 2.75) is 27.7 Å². The Kier molecular flexibility index (Phi) is 6.94. The number of primary amides is 1. The number of carbonyl (C=O) groups is 3. The van der Waals surface area contributed by atoms with Gasteiger partial charge in [-0.2, -0.15) is 0 Å². The van der Waals surface area contributed by atoms with E-state index in [4.69, 9.17) is 20.6 Å². The lowest BCUT2D eigenvalue weighted by Crippen LogP contribution is -2.26. The number of carbonyl (C=O) groups excluding carboxylic acids is 3. The fourth-order valence-corrected chi connectivity index (χ4v) is 2.06. The van der Waals surface area contributed by atoms with Crippen LogP contribution in [0.4, 0.5) is 0 Å². The number of allylic oxidation sites excluding steroid dienone is 1. The number of rotatable bonds is 7.